The number of para-hydroxylation sites is 1. The average Bonchev–Trinajstić information content (AvgIpc) is 2.99. The van der Waals surface area contributed by atoms with Crippen LogP contribution in [0.4, 0.5) is 0 Å². The van der Waals surface area contributed by atoms with Gasteiger partial charge in [0.15, 0.2) is 0 Å². The van der Waals surface area contributed by atoms with Crippen molar-refractivity contribution < 1.29 is 0 Å². The summed E-state index contributed by atoms with van der Waals surface area (Å²) in [6.07, 6.45) is 8.01. The molecule has 0 bridgehead atoms. The first kappa shape index (κ1) is 13.3. The highest BCUT2D eigenvalue weighted by Crippen LogP contribution is 2.16. The molecule has 0 radical (unpaired) electrons. The van der Waals surface area contributed by atoms with Crippen LogP contribution in [0.2, 0.25) is 0 Å². The molecule has 1 atom stereocenters. The van der Waals surface area contributed by atoms with E-state index in [1.807, 2.05) is 29.1 Å². The van der Waals surface area contributed by atoms with Crippen LogP contribution in [-0.4, -0.2) is 27.9 Å². The van der Waals surface area contributed by atoms with Crippen molar-refractivity contribution in [2.24, 2.45) is 0 Å². The molecule has 1 fully saturated rings. The molecule has 1 aliphatic heterocycles. The summed E-state index contributed by atoms with van der Waals surface area (Å²) in [4.78, 5) is 0. The molecule has 0 amide bonds. The fourth-order valence-electron chi connectivity index (χ4n) is 2.65. The van der Waals surface area contributed by atoms with Crippen LogP contribution in [0.3, 0.4) is 0 Å². The number of hydrogen-bond acceptors (Lipinski definition) is 3. The van der Waals surface area contributed by atoms with E-state index in [2.05, 4.69) is 40.8 Å². The van der Waals surface area contributed by atoms with E-state index in [4.69, 9.17) is 0 Å². The largest absolute Gasteiger partial charge is 0.248 e. The average molecular weight is 270 g/mol. The van der Waals surface area contributed by atoms with Crippen molar-refractivity contribution in [3.05, 3.63) is 48.3 Å². The van der Waals surface area contributed by atoms with E-state index in [1.165, 1.54) is 24.8 Å². The highest BCUT2D eigenvalue weighted by Gasteiger charge is 2.15. The van der Waals surface area contributed by atoms with Gasteiger partial charge in [0.25, 0.3) is 0 Å². The summed E-state index contributed by atoms with van der Waals surface area (Å²) in [7, 11) is 0. The van der Waals surface area contributed by atoms with Gasteiger partial charge in [-0.1, -0.05) is 24.6 Å². The Kier molecular flexibility index (Phi) is 4.14. The third-order valence-corrected chi connectivity index (χ3v) is 3.86. The molecule has 1 aromatic heterocycles. The highest BCUT2D eigenvalue weighted by molar-refractivity contribution is 5.31. The number of hydrogen-bond donors (Lipinski definition) is 1. The SMILES string of the molecule is CC(NN1CCCCC1)c1cnn(-c2ccccc2)c1. The highest BCUT2D eigenvalue weighted by atomic mass is 15.5. The predicted octanol–water partition coefficient (Wildman–Crippen LogP) is 2.92. The van der Waals surface area contributed by atoms with Crippen LogP contribution in [0, 0.1) is 0 Å². The van der Waals surface area contributed by atoms with Crippen LogP contribution >= 0.6 is 0 Å². The number of aromatic nitrogens is 2. The summed E-state index contributed by atoms with van der Waals surface area (Å²) in [5.41, 5.74) is 5.90. The summed E-state index contributed by atoms with van der Waals surface area (Å²) >= 11 is 0. The first-order chi connectivity index (χ1) is 9.83. The van der Waals surface area contributed by atoms with E-state index in [-0.39, 0.29) is 0 Å². The summed E-state index contributed by atoms with van der Waals surface area (Å²) in [6, 6.07) is 10.5. The first-order valence-corrected chi connectivity index (χ1v) is 7.44. The van der Waals surface area contributed by atoms with E-state index in [1.54, 1.807) is 0 Å². The first-order valence-electron chi connectivity index (χ1n) is 7.44. The Bertz CT molecular complexity index is 528. The lowest BCUT2D eigenvalue weighted by atomic mass is 10.1. The molecule has 106 valence electrons. The van der Waals surface area contributed by atoms with E-state index < -0.39 is 0 Å². The van der Waals surface area contributed by atoms with Gasteiger partial charge in [-0.15, -0.1) is 0 Å². The minimum atomic E-state index is 0.297. The standard InChI is InChI=1S/C16H22N4/c1-14(18-19-10-6-3-7-11-19)15-12-17-20(13-15)16-8-4-2-5-9-16/h2,4-5,8-9,12-14,18H,3,6-7,10-11H2,1H3. The van der Waals surface area contributed by atoms with Crippen molar-refractivity contribution in [1.82, 2.24) is 20.2 Å². The minimum Gasteiger partial charge on any atom is -0.248 e. The molecule has 4 heteroatoms. The van der Waals surface area contributed by atoms with Gasteiger partial charge in [0, 0.05) is 30.9 Å². The topological polar surface area (TPSA) is 33.1 Å². The lowest BCUT2D eigenvalue weighted by molar-refractivity contribution is 0.133. The Labute approximate surface area is 120 Å². The van der Waals surface area contributed by atoms with Gasteiger partial charge in [0.2, 0.25) is 0 Å². The number of nitrogens with one attached hydrogen (secondary N) is 1. The molecule has 1 saturated heterocycles. The van der Waals surface area contributed by atoms with Crippen LogP contribution in [0.5, 0.6) is 0 Å². The van der Waals surface area contributed by atoms with Gasteiger partial charge >= 0.3 is 0 Å². The van der Waals surface area contributed by atoms with Gasteiger partial charge in [-0.3, -0.25) is 0 Å². The van der Waals surface area contributed by atoms with Crippen molar-refractivity contribution in [2.75, 3.05) is 13.1 Å². The van der Waals surface area contributed by atoms with E-state index in [0.29, 0.717) is 6.04 Å². The number of rotatable bonds is 4. The molecule has 1 unspecified atom stereocenters. The molecule has 20 heavy (non-hydrogen) atoms. The fraction of sp³-hybridized carbons (Fsp3) is 0.438. The number of nitrogens with zero attached hydrogens (tertiary/aromatic N) is 3. The van der Waals surface area contributed by atoms with Crippen molar-refractivity contribution >= 4 is 0 Å². The minimum absolute atomic E-state index is 0.297. The van der Waals surface area contributed by atoms with Crippen molar-refractivity contribution in [1.29, 1.82) is 0 Å². The van der Waals surface area contributed by atoms with Crippen molar-refractivity contribution in [2.45, 2.75) is 32.2 Å². The zero-order chi connectivity index (χ0) is 13.8. The third kappa shape index (κ3) is 3.08. The molecule has 2 heterocycles. The Morgan fingerprint density at radius 2 is 1.85 bits per heavy atom. The summed E-state index contributed by atoms with van der Waals surface area (Å²) < 4.78 is 1.93. The maximum Gasteiger partial charge on any atom is 0.0645 e. The maximum absolute atomic E-state index is 4.46. The molecule has 3 rings (SSSR count). The Hall–Kier alpha value is -1.65. The third-order valence-electron chi connectivity index (χ3n) is 3.86. The summed E-state index contributed by atoms with van der Waals surface area (Å²) in [5, 5.41) is 6.80. The number of piperidine rings is 1. The number of benzene rings is 1. The van der Waals surface area contributed by atoms with Gasteiger partial charge in [0.1, 0.15) is 0 Å². The lowest BCUT2D eigenvalue weighted by Gasteiger charge is -2.29. The maximum atomic E-state index is 4.46. The molecule has 1 aliphatic rings. The summed E-state index contributed by atoms with van der Waals surface area (Å²) in [5.74, 6) is 0. The molecule has 4 nitrogen and oxygen atoms in total. The Morgan fingerprint density at radius 1 is 1.10 bits per heavy atom. The fourth-order valence-corrected chi connectivity index (χ4v) is 2.65. The molecular formula is C16H22N4. The second-order valence-electron chi connectivity index (χ2n) is 5.45. The van der Waals surface area contributed by atoms with Gasteiger partial charge < -0.3 is 0 Å². The van der Waals surface area contributed by atoms with Crippen LogP contribution in [-0.2, 0) is 0 Å². The lowest BCUT2D eigenvalue weighted by Crippen LogP contribution is -2.42. The molecule has 2 aromatic rings. The molecule has 0 aliphatic carbocycles. The Morgan fingerprint density at radius 3 is 2.60 bits per heavy atom. The van der Waals surface area contributed by atoms with E-state index >= 15 is 0 Å². The van der Waals surface area contributed by atoms with Gasteiger partial charge in [-0.2, -0.15) is 5.10 Å². The van der Waals surface area contributed by atoms with E-state index in [0.717, 1.165) is 18.8 Å². The molecule has 1 aromatic carbocycles. The van der Waals surface area contributed by atoms with Gasteiger partial charge in [0.05, 0.1) is 11.9 Å². The van der Waals surface area contributed by atoms with E-state index in [9.17, 15) is 0 Å². The van der Waals surface area contributed by atoms with Gasteiger partial charge in [-0.05, 0) is 31.9 Å². The van der Waals surface area contributed by atoms with Crippen LogP contribution in [0.1, 0.15) is 37.8 Å². The van der Waals surface area contributed by atoms with Crippen molar-refractivity contribution in [3.63, 3.8) is 0 Å². The van der Waals surface area contributed by atoms with Gasteiger partial charge in [-0.25, -0.2) is 15.1 Å². The second kappa shape index (κ2) is 6.20. The molecule has 1 N–H and O–H groups in total. The van der Waals surface area contributed by atoms with Crippen molar-refractivity contribution in [3.8, 4) is 5.69 Å². The molecule has 0 saturated carbocycles. The second-order valence-corrected chi connectivity index (χ2v) is 5.45. The normalized spacial score (nSPS) is 18.1. The molecular weight excluding hydrogens is 248 g/mol. The van der Waals surface area contributed by atoms with Crippen LogP contribution in [0.15, 0.2) is 42.7 Å². The summed E-state index contributed by atoms with van der Waals surface area (Å²) in [6.45, 7) is 4.50. The predicted molar refractivity (Wildman–Crippen MR) is 80.5 cm³/mol. The zero-order valence-corrected chi connectivity index (χ0v) is 12.0. The smallest absolute Gasteiger partial charge is 0.0645 e. The van der Waals surface area contributed by atoms with Crippen LogP contribution < -0.4 is 5.43 Å². The Balaban J connectivity index is 1.66. The number of hydrazine groups is 1. The zero-order valence-electron chi connectivity index (χ0n) is 12.0. The quantitative estimate of drug-likeness (QED) is 0.927. The molecule has 0 spiro atoms. The van der Waals surface area contributed by atoms with Crippen LogP contribution in [0.25, 0.3) is 5.69 Å². The monoisotopic (exact) mass is 270 g/mol.